The normalized spacial score (nSPS) is 12.4. The lowest BCUT2D eigenvalue weighted by molar-refractivity contribution is -0.147. The lowest BCUT2D eigenvalue weighted by Crippen LogP contribution is -2.27. The lowest BCUT2D eigenvalue weighted by Gasteiger charge is -2.10. The topological polar surface area (TPSA) is 59.3 Å². The number of carbonyl (C=O) groups excluding carboxylic acids is 1. The van der Waals surface area contributed by atoms with Gasteiger partial charge in [0.15, 0.2) is 0 Å². The molecule has 0 unspecified atom stereocenters. The first kappa shape index (κ1) is 19.1. The lowest BCUT2D eigenvalue weighted by atomic mass is 10.1. The van der Waals surface area contributed by atoms with E-state index in [2.05, 4.69) is 31.4 Å². The van der Waals surface area contributed by atoms with Crippen molar-refractivity contribution in [3.05, 3.63) is 64.4 Å². The number of carbonyl (C=O) groups is 1. The number of nitrogens with one attached hydrogen (secondary N) is 1. The molecule has 3 aromatic rings. The highest BCUT2D eigenvalue weighted by Gasteiger charge is 2.37. The molecule has 0 aliphatic carbocycles. The fraction of sp³-hybridized carbons (Fsp3) is 0.167. The fourth-order valence-corrected chi connectivity index (χ4v) is 2.80. The van der Waals surface area contributed by atoms with Crippen LogP contribution in [-0.4, -0.2) is 21.2 Å². The number of hydrazone groups is 1. The Morgan fingerprint density at radius 1 is 1.19 bits per heavy atom. The Balaban J connectivity index is 1.82. The second-order valence-electron chi connectivity index (χ2n) is 5.75. The average Bonchev–Trinajstić information content (AvgIpc) is 2.99. The van der Waals surface area contributed by atoms with Crippen LogP contribution in [0.2, 0.25) is 0 Å². The molecule has 0 fully saturated rings. The molecule has 0 aliphatic rings. The van der Waals surface area contributed by atoms with E-state index in [9.17, 15) is 18.0 Å². The second kappa shape index (κ2) is 7.51. The molecule has 5 nitrogen and oxygen atoms in total. The van der Waals surface area contributed by atoms with Crippen molar-refractivity contribution in [1.82, 2.24) is 15.0 Å². The quantitative estimate of drug-likeness (QED) is 0.485. The highest BCUT2D eigenvalue weighted by Crippen LogP contribution is 2.31. The summed E-state index contributed by atoms with van der Waals surface area (Å²) in [7, 11) is 0. The van der Waals surface area contributed by atoms with Crippen LogP contribution in [0.15, 0.2) is 58.1 Å². The van der Waals surface area contributed by atoms with Gasteiger partial charge in [0, 0.05) is 4.47 Å². The number of hydrogen-bond acceptors (Lipinski definition) is 3. The van der Waals surface area contributed by atoms with Crippen LogP contribution in [0.1, 0.15) is 18.3 Å². The molecule has 1 N–H and O–H groups in total. The number of halogens is 4. The van der Waals surface area contributed by atoms with Gasteiger partial charge in [0.2, 0.25) is 5.82 Å². The molecule has 1 heterocycles. The highest BCUT2D eigenvalue weighted by atomic mass is 79.9. The van der Waals surface area contributed by atoms with Crippen molar-refractivity contribution in [2.75, 3.05) is 0 Å². The zero-order valence-electron chi connectivity index (χ0n) is 14.1. The van der Waals surface area contributed by atoms with Gasteiger partial charge in [-0.1, -0.05) is 40.2 Å². The van der Waals surface area contributed by atoms with E-state index in [1.54, 1.807) is 31.2 Å². The summed E-state index contributed by atoms with van der Waals surface area (Å²) >= 11 is 3.32. The molecule has 2 aromatic carbocycles. The van der Waals surface area contributed by atoms with Crippen molar-refractivity contribution in [3.63, 3.8) is 0 Å². The number of nitrogens with zero attached hydrogens (tertiary/aromatic N) is 3. The minimum Gasteiger partial charge on any atom is -0.311 e. The van der Waals surface area contributed by atoms with Crippen LogP contribution in [0.5, 0.6) is 0 Å². The van der Waals surface area contributed by atoms with Crippen LogP contribution in [0.25, 0.3) is 11.0 Å². The van der Waals surface area contributed by atoms with E-state index in [1.807, 2.05) is 12.1 Å². The maximum Gasteiger partial charge on any atom is 0.449 e. The van der Waals surface area contributed by atoms with Gasteiger partial charge in [0.05, 0.1) is 16.7 Å². The molecular weight excluding hydrogens is 425 g/mol. The summed E-state index contributed by atoms with van der Waals surface area (Å²) in [5.74, 6) is -1.80. The molecule has 9 heteroatoms. The number of aromatic nitrogens is 2. The third-order valence-electron chi connectivity index (χ3n) is 3.82. The maximum atomic E-state index is 13.3. The molecule has 3 rings (SSSR count). The molecule has 0 radical (unpaired) electrons. The van der Waals surface area contributed by atoms with Crippen LogP contribution < -0.4 is 5.43 Å². The van der Waals surface area contributed by atoms with E-state index in [0.29, 0.717) is 5.71 Å². The summed E-state index contributed by atoms with van der Waals surface area (Å²) in [6, 6.07) is 13.4. The highest BCUT2D eigenvalue weighted by molar-refractivity contribution is 9.10. The van der Waals surface area contributed by atoms with E-state index in [1.165, 1.54) is 12.1 Å². The minimum atomic E-state index is -4.67. The van der Waals surface area contributed by atoms with E-state index >= 15 is 0 Å². The molecule has 1 aromatic heterocycles. The van der Waals surface area contributed by atoms with Crippen molar-refractivity contribution in [3.8, 4) is 0 Å². The van der Waals surface area contributed by atoms with E-state index in [-0.39, 0.29) is 11.0 Å². The number of benzene rings is 2. The Bertz CT molecular complexity index is 1010. The van der Waals surface area contributed by atoms with Gasteiger partial charge in [-0.25, -0.2) is 10.4 Å². The van der Waals surface area contributed by atoms with Crippen LogP contribution >= 0.6 is 15.9 Å². The largest absolute Gasteiger partial charge is 0.449 e. The zero-order chi connectivity index (χ0) is 19.6. The van der Waals surface area contributed by atoms with Gasteiger partial charge in [-0.2, -0.15) is 18.3 Å². The summed E-state index contributed by atoms with van der Waals surface area (Å²) in [5, 5.41) is 3.96. The predicted molar refractivity (Wildman–Crippen MR) is 99.2 cm³/mol. The standard InChI is InChI=1S/C18H14BrF3N4O/c1-11(12-6-8-13(19)9-7-12)24-25-16(27)10-26-15-5-3-2-4-14(15)23-17(26)18(20,21)22/h2-9H,10H2,1H3,(H,25,27). The summed E-state index contributed by atoms with van der Waals surface area (Å²) in [5.41, 5.74) is 4.01. The van der Waals surface area contributed by atoms with Crippen LogP contribution in [0.3, 0.4) is 0 Å². The molecule has 0 saturated carbocycles. The average molecular weight is 439 g/mol. The van der Waals surface area contributed by atoms with Crippen LogP contribution in [0, 0.1) is 0 Å². The third kappa shape index (κ3) is 4.36. The first-order chi connectivity index (χ1) is 12.8. The van der Waals surface area contributed by atoms with Gasteiger partial charge >= 0.3 is 6.18 Å². The maximum absolute atomic E-state index is 13.3. The molecule has 27 heavy (non-hydrogen) atoms. The Morgan fingerprint density at radius 2 is 1.85 bits per heavy atom. The number of hydrogen-bond donors (Lipinski definition) is 1. The molecule has 0 aliphatic heterocycles. The number of imidazole rings is 1. The Morgan fingerprint density at radius 3 is 2.52 bits per heavy atom. The Kier molecular flexibility index (Phi) is 5.31. The number of amides is 1. The van der Waals surface area contributed by atoms with Crippen LogP contribution in [0.4, 0.5) is 13.2 Å². The van der Waals surface area contributed by atoms with Crippen molar-refractivity contribution >= 4 is 38.6 Å². The monoisotopic (exact) mass is 438 g/mol. The number of fused-ring (bicyclic) bond motifs is 1. The van der Waals surface area contributed by atoms with Gasteiger partial charge in [0.1, 0.15) is 6.54 Å². The second-order valence-corrected chi connectivity index (χ2v) is 6.66. The molecule has 0 atom stereocenters. The SMILES string of the molecule is CC(=NNC(=O)Cn1c(C(F)(F)F)nc2ccccc21)c1ccc(Br)cc1. The Hall–Kier alpha value is -2.68. The molecule has 140 valence electrons. The first-order valence-corrected chi connectivity index (χ1v) is 8.66. The smallest absolute Gasteiger partial charge is 0.311 e. The van der Waals surface area contributed by atoms with Gasteiger partial charge in [-0.3, -0.25) is 4.79 Å². The summed E-state index contributed by atoms with van der Waals surface area (Å²) < 4.78 is 41.5. The van der Waals surface area contributed by atoms with Crippen molar-refractivity contribution in [2.24, 2.45) is 5.10 Å². The summed E-state index contributed by atoms with van der Waals surface area (Å²) in [4.78, 5) is 15.8. The summed E-state index contributed by atoms with van der Waals surface area (Å²) in [6.07, 6.45) is -4.67. The van der Waals surface area contributed by atoms with E-state index < -0.39 is 24.5 Å². The van der Waals surface area contributed by atoms with Crippen LogP contribution in [-0.2, 0) is 17.5 Å². The number of alkyl halides is 3. The van der Waals surface area contributed by atoms with Gasteiger partial charge in [-0.15, -0.1) is 0 Å². The van der Waals surface area contributed by atoms with Crippen molar-refractivity contribution < 1.29 is 18.0 Å². The van der Waals surface area contributed by atoms with Gasteiger partial charge in [-0.05, 0) is 36.8 Å². The fourth-order valence-electron chi connectivity index (χ4n) is 2.53. The molecule has 0 spiro atoms. The van der Waals surface area contributed by atoms with E-state index in [4.69, 9.17) is 0 Å². The Labute approximate surface area is 161 Å². The van der Waals surface area contributed by atoms with Crippen molar-refractivity contribution in [2.45, 2.75) is 19.6 Å². The van der Waals surface area contributed by atoms with Gasteiger partial charge in [0.25, 0.3) is 5.91 Å². The number of rotatable bonds is 4. The predicted octanol–water partition coefficient (Wildman–Crippen LogP) is 4.36. The molecular formula is C18H14BrF3N4O. The summed E-state index contributed by atoms with van der Waals surface area (Å²) in [6.45, 7) is 1.14. The van der Waals surface area contributed by atoms with E-state index in [0.717, 1.165) is 14.6 Å². The molecule has 1 amide bonds. The third-order valence-corrected chi connectivity index (χ3v) is 4.35. The van der Waals surface area contributed by atoms with Gasteiger partial charge < -0.3 is 4.57 Å². The van der Waals surface area contributed by atoms with Crippen molar-refractivity contribution in [1.29, 1.82) is 0 Å². The number of para-hydroxylation sites is 2. The molecule has 0 saturated heterocycles. The molecule has 0 bridgehead atoms. The minimum absolute atomic E-state index is 0.173. The first-order valence-electron chi connectivity index (χ1n) is 7.87. The zero-order valence-corrected chi connectivity index (χ0v) is 15.7.